The fourth-order valence-corrected chi connectivity index (χ4v) is 5.43. The first-order chi connectivity index (χ1) is 21.4. The molecule has 1 amide bonds. The van der Waals surface area contributed by atoms with Gasteiger partial charge in [0.15, 0.2) is 23.9 Å². The maximum absolute atomic E-state index is 13.7. The number of rotatable bonds is 9. The summed E-state index contributed by atoms with van der Waals surface area (Å²) in [6.07, 6.45) is 1.53. The Balaban J connectivity index is 1.34. The van der Waals surface area contributed by atoms with E-state index in [4.69, 9.17) is 23.6 Å². The van der Waals surface area contributed by atoms with Crippen LogP contribution in [0.15, 0.2) is 105 Å². The molecule has 2 aromatic heterocycles. The van der Waals surface area contributed by atoms with E-state index in [0.29, 0.717) is 54.3 Å². The van der Waals surface area contributed by atoms with Crippen molar-refractivity contribution < 1.29 is 23.4 Å². The van der Waals surface area contributed by atoms with Crippen LogP contribution in [-0.4, -0.2) is 42.6 Å². The number of aromatic nitrogens is 2. The van der Waals surface area contributed by atoms with Crippen molar-refractivity contribution in [3.05, 3.63) is 110 Å². The Labute approximate surface area is 265 Å². The maximum atomic E-state index is 13.7. The third-order valence-electron chi connectivity index (χ3n) is 6.69. The van der Waals surface area contributed by atoms with E-state index in [2.05, 4.69) is 33.0 Å². The van der Waals surface area contributed by atoms with Gasteiger partial charge in [-0.1, -0.05) is 36.4 Å². The third-order valence-corrected chi connectivity index (χ3v) is 7.50. The van der Waals surface area contributed by atoms with Crippen LogP contribution in [0.3, 0.4) is 0 Å². The van der Waals surface area contributed by atoms with Crippen molar-refractivity contribution in [2.45, 2.75) is 0 Å². The van der Waals surface area contributed by atoms with Crippen molar-refractivity contribution in [3.63, 3.8) is 0 Å². The zero-order valence-electron chi connectivity index (χ0n) is 23.6. The maximum Gasteiger partial charge on any atom is 0.282 e. The number of benzene rings is 4. The number of anilines is 1. The summed E-state index contributed by atoms with van der Waals surface area (Å²) in [7, 11) is 3.09. The molecule has 0 aliphatic heterocycles. The minimum Gasteiger partial charge on any atom is -0.496 e. The molecule has 0 radical (unpaired) electrons. The van der Waals surface area contributed by atoms with Crippen LogP contribution >= 0.6 is 22.6 Å². The minimum atomic E-state index is -0.361. The molecule has 0 aliphatic carbocycles. The van der Waals surface area contributed by atoms with E-state index in [9.17, 15) is 9.59 Å². The molecular formula is C33H25IN4O6. The number of fused-ring (bicyclic) bond motifs is 2. The Morgan fingerprint density at radius 1 is 0.955 bits per heavy atom. The predicted octanol–water partition coefficient (Wildman–Crippen LogP) is 6.33. The summed E-state index contributed by atoms with van der Waals surface area (Å²) in [5.41, 5.74) is 2.05. The van der Waals surface area contributed by atoms with Crippen molar-refractivity contribution >= 4 is 62.3 Å². The quantitative estimate of drug-likeness (QED) is 0.138. The van der Waals surface area contributed by atoms with Crippen molar-refractivity contribution in [2.24, 2.45) is 5.10 Å². The molecule has 6 aromatic rings. The van der Waals surface area contributed by atoms with Crippen molar-refractivity contribution in [2.75, 3.05) is 26.1 Å². The number of hydrogen-bond acceptors (Lipinski definition) is 8. The van der Waals surface area contributed by atoms with Gasteiger partial charge < -0.3 is 23.9 Å². The molecule has 0 saturated carbocycles. The summed E-state index contributed by atoms with van der Waals surface area (Å²) in [5, 5.41) is 8.49. The zero-order chi connectivity index (χ0) is 30.6. The number of amides is 1. The number of carbonyl (C=O) groups is 1. The predicted molar refractivity (Wildman–Crippen MR) is 177 cm³/mol. The first-order valence-corrected chi connectivity index (χ1v) is 14.5. The molecule has 0 fully saturated rings. The molecule has 0 spiro atoms. The van der Waals surface area contributed by atoms with Gasteiger partial charge >= 0.3 is 0 Å². The van der Waals surface area contributed by atoms with Gasteiger partial charge in [0.2, 0.25) is 5.82 Å². The van der Waals surface area contributed by atoms with Crippen LogP contribution in [0.1, 0.15) is 5.56 Å². The SMILES string of the molecule is COc1cc(C=Nn2c(-c3cc4c(OC)cccc4o3)nc3ccccc3c2=O)cc(I)c1OCC(=O)Nc1ccccc1. The molecule has 0 saturated heterocycles. The number of methoxy groups -OCH3 is 2. The van der Waals surface area contributed by atoms with E-state index >= 15 is 0 Å². The molecule has 0 atom stereocenters. The van der Waals surface area contributed by atoms with Gasteiger partial charge in [0.05, 0.1) is 40.3 Å². The van der Waals surface area contributed by atoms with Crippen LogP contribution in [0.2, 0.25) is 0 Å². The van der Waals surface area contributed by atoms with E-state index in [1.54, 1.807) is 49.6 Å². The second-order valence-electron chi connectivity index (χ2n) is 9.53. The summed E-state index contributed by atoms with van der Waals surface area (Å²) >= 11 is 2.10. The highest BCUT2D eigenvalue weighted by Gasteiger charge is 2.18. The van der Waals surface area contributed by atoms with Gasteiger partial charge in [0.1, 0.15) is 11.3 Å². The Morgan fingerprint density at radius 2 is 1.73 bits per heavy atom. The molecule has 0 unspecified atom stereocenters. The first kappa shape index (κ1) is 28.9. The van der Waals surface area contributed by atoms with Crippen molar-refractivity contribution in [1.82, 2.24) is 9.66 Å². The second-order valence-corrected chi connectivity index (χ2v) is 10.7. The Kier molecular flexibility index (Phi) is 8.28. The number of para-hydroxylation sites is 2. The van der Waals surface area contributed by atoms with Gasteiger partial charge in [-0.05, 0) is 82.8 Å². The second kappa shape index (κ2) is 12.6. The number of halogens is 1. The summed E-state index contributed by atoms with van der Waals surface area (Å²) in [5.74, 6) is 1.73. The van der Waals surface area contributed by atoms with Crippen molar-refractivity contribution in [1.29, 1.82) is 0 Å². The Hall–Kier alpha value is -5.17. The lowest BCUT2D eigenvalue weighted by Gasteiger charge is -2.13. The molecule has 44 heavy (non-hydrogen) atoms. The van der Waals surface area contributed by atoms with Gasteiger partial charge in [-0.25, -0.2) is 4.98 Å². The summed E-state index contributed by atoms with van der Waals surface area (Å²) < 4.78 is 24.9. The van der Waals surface area contributed by atoms with Gasteiger partial charge in [-0.15, -0.1) is 0 Å². The smallest absolute Gasteiger partial charge is 0.282 e. The van der Waals surface area contributed by atoms with E-state index in [-0.39, 0.29) is 23.9 Å². The van der Waals surface area contributed by atoms with Crippen LogP contribution in [0.5, 0.6) is 17.2 Å². The highest BCUT2D eigenvalue weighted by molar-refractivity contribution is 14.1. The molecule has 11 heteroatoms. The minimum absolute atomic E-state index is 0.210. The number of nitrogens with zero attached hydrogens (tertiary/aromatic N) is 3. The lowest BCUT2D eigenvalue weighted by Crippen LogP contribution is -2.20. The number of nitrogens with one attached hydrogen (secondary N) is 1. The van der Waals surface area contributed by atoms with E-state index < -0.39 is 0 Å². The standard InChI is InChI=1S/C33H25IN4O6/c1-41-26-13-8-14-27-23(26)17-29(44-27)32-37-25-12-7-6-11-22(25)33(40)38(32)35-18-20-15-24(34)31(28(16-20)42-2)43-19-30(39)36-21-9-4-3-5-10-21/h3-18H,19H2,1-2H3,(H,36,39). The van der Waals surface area contributed by atoms with E-state index in [0.717, 1.165) is 5.39 Å². The number of hydrogen-bond donors (Lipinski definition) is 1. The normalized spacial score (nSPS) is 11.2. The van der Waals surface area contributed by atoms with Crippen LogP contribution in [-0.2, 0) is 4.79 Å². The molecule has 0 aliphatic rings. The summed E-state index contributed by atoms with van der Waals surface area (Å²) in [6, 6.07) is 27.0. The zero-order valence-corrected chi connectivity index (χ0v) is 25.8. The van der Waals surface area contributed by atoms with Crippen LogP contribution in [0.4, 0.5) is 5.69 Å². The molecular weight excluding hydrogens is 675 g/mol. The number of ether oxygens (including phenoxy) is 3. The number of carbonyl (C=O) groups excluding carboxylic acids is 1. The van der Waals surface area contributed by atoms with Crippen LogP contribution in [0, 0.1) is 3.57 Å². The lowest BCUT2D eigenvalue weighted by atomic mass is 10.2. The van der Waals surface area contributed by atoms with Gasteiger partial charge in [0, 0.05) is 5.69 Å². The average molecular weight is 700 g/mol. The molecule has 220 valence electrons. The van der Waals surface area contributed by atoms with Crippen molar-refractivity contribution in [3.8, 4) is 28.8 Å². The Morgan fingerprint density at radius 3 is 2.52 bits per heavy atom. The van der Waals surface area contributed by atoms with E-state index in [1.807, 2.05) is 48.5 Å². The molecule has 10 nitrogen and oxygen atoms in total. The molecule has 1 N–H and O–H groups in total. The summed E-state index contributed by atoms with van der Waals surface area (Å²) in [6.45, 7) is -0.210. The monoisotopic (exact) mass is 700 g/mol. The van der Waals surface area contributed by atoms with Gasteiger partial charge in [-0.3, -0.25) is 9.59 Å². The topological polar surface area (TPSA) is 117 Å². The number of furan rings is 1. The average Bonchev–Trinajstić information content (AvgIpc) is 3.48. The molecule has 4 aromatic carbocycles. The highest BCUT2D eigenvalue weighted by atomic mass is 127. The van der Waals surface area contributed by atoms with Crippen LogP contribution in [0.25, 0.3) is 33.5 Å². The van der Waals surface area contributed by atoms with Crippen LogP contribution < -0.4 is 25.1 Å². The van der Waals surface area contributed by atoms with E-state index in [1.165, 1.54) is 18.0 Å². The summed E-state index contributed by atoms with van der Waals surface area (Å²) in [4.78, 5) is 30.8. The van der Waals surface area contributed by atoms with Gasteiger partial charge in [-0.2, -0.15) is 9.78 Å². The molecule has 0 bridgehead atoms. The first-order valence-electron chi connectivity index (χ1n) is 13.4. The lowest BCUT2D eigenvalue weighted by molar-refractivity contribution is -0.118. The Bertz CT molecular complexity index is 2090. The third kappa shape index (κ3) is 5.86. The molecule has 6 rings (SSSR count). The van der Waals surface area contributed by atoms with Gasteiger partial charge in [0.25, 0.3) is 11.5 Å². The largest absolute Gasteiger partial charge is 0.496 e. The molecule has 2 heterocycles. The fourth-order valence-electron chi connectivity index (χ4n) is 4.65. The fraction of sp³-hybridized carbons (Fsp3) is 0.0909. The highest BCUT2D eigenvalue weighted by Crippen LogP contribution is 2.35.